The van der Waals surface area contributed by atoms with Crippen molar-refractivity contribution in [2.45, 2.75) is 31.8 Å². The third kappa shape index (κ3) is 3.34. The highest BCUT2D eigenvalue weighted by molar-refractivity contribution is 5.85. The van der Waals surface area contributed by atoms with Gasteiger partial charge < -0.3 is 15.5 Å². The second-order valence-corrected chi connectivity index (χ2v) is 5.31. The Morgan fingerprint density at radius 1 is 1.43 bits per heavy atom. The molecule has 0 bridgehead atoms. The van der Waals surface area contributed by atoms with Crippen LogP contribution in [0.4, 0.5) is 5.69 Å². The maximum absolute atomic E-state index is 12.1. The third-order valence-corrected chi connectivity index (χ3v) is 3.92. The van der Waals surface area contributed by atoms with Crippen molar-refractivity contribution in [3.05, 3.63) is 29.3 Å². The molecule has 0 spiro atoms. The zero-order valence-electron chi connectivity index (χ0n) is 12.6. The van der Waals surface area contributed by atoms with Crippen LogP contribution in [-0.4, -0.2) is 32.6 Å². The zero-order chi connectivity index (χ0) is 15.2. The van der Waals surface area contributed by atoms with Crippen LogP contribution in [-0.2, 0) is 11.3 Å². The molecule has 1 atom stereocenters. The molecule has 1 aromatic rings. The predicted molar refractivity (Wildman–Crippen MR) is 83.0 cm³/mol. The Morgan fingerprint density at radius 3 is 2.90 bits per heavy atom. The van der Waals surface area contributed by atoms with Gasteiger partial charge in [0.1, 0.15) is 12.1 Å². The number of carbonyl (C=O) groups is 1. The predicted octanol–water partition coefficient (Wildman–Crippen LogP) is 1.38. The molecule has 21 heavy (non-hydrogen) atoms. The SMILES string of the molecule is CNCc1ccc(N2CCCCC2C(=O)NC)c(C#N)c1. The van der Waals surface area contributed by atoms with Gasteiger partial charge in [-0.2, -0.15) is 5.26 Å². The van der Waals surface area contributed by atoms with Crippen molar-refractivity contribution in [3.63, 3.8) is 0 Å². The highest BCUT2D eigenvalue weighted by Crippen LogP contribution is 2.28. The number of likely N-dealkylation sites (N-methyl/N-ethyl adjacent to an activating group) is 1. The number of nitrogens with zero attached hydrogens (tertiary/aromatic N) is 2. The lowest BCUT2D eigenvalue weighted by Gasteiger charge is -2.36. The largest absolute Gasteiger partial charge is 0.358 e. The van der Waals surface area contributed by atoms with E-state index in [1.165, 1.54) is 0 Å². The fourth-order valence-corrected chi connectivity index (χ4v) is 2.90. The standard InChI is InChI=1S/C16H22N4O/c1-18-11-12-6-7-14(13(9-12)10-17)20-8-4-3-5-15(20)16(21)19-2/h6-7,9,15,18H,3-5,8,11H2,1-2H3,(H,19,21). The summed E-state index contributed by atoms with van der Waals surface area (Å²) in [5.74, 6) is 0.0258. The molecule has 1 amide bonds. The lowest BCUT2D eigenvalue weighted by atomic mass is 9.98. The molecule has 112 valence electrons. The number of hydrogen-bond donors (Lipinski definition) is 2. The molecule has 2 N–H and O–H groups in total. The molecule has 0 radical (unpaired) electrons. The number of piperidine rings is 1. The molecule has 5 nitrogen and oxygen atoms in total. The van der Waals surface area contributed by atoms with E-state index in [4.69, 9.17) is 0 Å². The molecular formula is C16H22N4O. The summed E-state index contributed by atoms with van der Waals surface area (Å²) in [6, 6.07) is 7.98. The van der Waals surface area contributed by atoms with Gasteiger partial charge >= 0.3 is 0 Å². The first-order valence-electron chi connectivity index (χ1n) is 7.37. The van der Waals surface area contributed by atoms with Gasteiger partial charge in [0, 0.05) is 20.1 Å². The van der Waals surface area contributed by atoms with E-state index in [1.54, 1.807) is 7.05 Å². The highest BCUT2D eigenvalue weighted by Gasteiger charge is 2.29. The molecule has 1 saturated heterocycles. The van der Waals surface area contributed by atoms with Crippen molar-refractivity contribution in [2.24, 2.45) is 0 Å². The highest BCUT2D eigenvalue weighted by atomic mass is 16.2. The molecule has 0 aliphatic carbocycles. The quantitative estimate of drug-likeness (QED) is 0.877. The summed E-state index contributed by atoms with van der Waals surface area (Å²) >= 11 is 0. The van der Waals surface area contributed by atoms with Crippen molar-refractivity contribution in [1.82, 2.24) is 10.6 Å². The van der Waals surface area contributed by atoms with Gasteiger partial charge in [-0.15, -0.1) is 0 Å². The van der Waals surface area contributed by atoms with Crippen LogP contribution in [0.3, 0.4) is 0 Å². The van der Waals surface area contributed by atoms with Crippen molar-refractivity contribution in [3.8, 4) is 6.07 Å². The summed E-state index contributed by atoms with van der Waals surface area (Å²) in [5.41, 5.74) is 2.58. The van der Waals surface area contributed by atoms with Gasteiger partial charge in [0.05, 0.1) is 11.3 Å². The average molecular weight is 286 g/mol. The van der Waals surface area contributed by atoms with Crippen LogP contribution in [0.5, 0.6) is 0 Å². The number of amides is 1. The Balaban J connectivity index is 2.34. The number of nitrogens with one attached hydrogen (secondary N) is 2. The number of rotatable bonds is 4. The summed E-state index contributed by atoms with van der Waals surface area (Å²) in [5, 5.41) is 15.2. The Kier molecular flexibility index (Phi) is 5.18. The van der Waals surface area contributed by atoms with Crippen LogP contribution < -0.4 is 15.5 Å². The Hall–Kier alpha value is -2.06. The first-order chi connectivity index (χ1) is 10.2. The third-order valence-electron chi connectivity index (χ3n) is 3.92. The van der Waals surface area contributed by atoms with Gasteiger partial charge in [0.25, 0.3) is 0 Å². The summed E-state index contributed by atoms with van der Waals surface area (Å²) in [6.07, 6.45) is 2.94. The van der Waals surface area contributed by atoms with E-state index in [-0.39, 0.29) is 11.9 Å². The molecule has 5 heteroatoms. The average Bonchev–Trinajstić information content (AvgIpc) is 2.54. The van der Waals surface area contributed by atoms with Crippen LogP contribution in [0.2, 0.25) is 0 Å². The van der Waals surface area contributed by atoms with Crippen LogP contribution >= 0.6 is 0 Å². The van der Waals surface area contributed by atoms with Crippen molar-refractivity contribution in [2.75, 3.05) is 25.5 Å². The molecule has 1 aliphatic heterocycles. The van der Waals surface area contributed by atoms with Gasteiger partial charge in [0.2, 0.25) is 5.91 Å². The maximum atomic E-state index is 12.1. The molecular weight excluding hydrogens is 264 g/mol. The number of nitriles is 1. The normalized spacial score (nSPS) is 18.1. The van der Waals surface area contributed by atoms with Crippen molar-refractivity contribution >= 4 is 11.6 Å². The lowest BCUT2D eigenvalue weighted by molar-refractivity contribution is -0.122. The lowest BCUT2D eigenvalue weighted by Crippen LogP contribution is -2.49. The van der Waals surface area contributed by atoms with Gasteiger partial charge in [-0.05, 0) is 44.0 Å². The van der Waals surface area contributed by atoms with Gasteiger partial charge in [-0.3, -0.25) is 4.79 Å². The summed E-state index contributed by atoms with van der Waals surface area (Å²) in [7, 11) is 3.54. The van der Waals surface area contributed by atoms with Crippen LogP contribution in [0, 0.1) is 11.3 Å². The van der Waals surface area contributed by atoms with E-state index in [0.29, 0.717) is 5.56 Å². The molecule has 1 heterocycles. The minimum Gasteiger partial charge on any atom is -0.358 e. The fraction of sp³-hybridized carbons (Fsp3) is 0.500. The van der Waals surface area contributed by atoms with Crippen LogP contribution in [0.15, 0.2) is 18.2 Å². The topological polar surface area (TPSA) is 68.2 Å². The molecule has 0 saturated carbocycles. The fourth-order valence-electron chi connectivity index (χ4n) is 2.90. The summed E-state index contributed by atoms with van der Waals surface area (Å²) in [4.78, 5) is 14.1. The number of anilines is 1. The molecule has 1 unspecified atom stereocenters. The van der Waals surface area contributed by atoms with E-state index in [0.717, 1.165) is 43.6 Å². The van der Waals surface area contributed by atoms with E-state index < -0.39 is 0 Å². The number of benzene rings is 1. The first-order valence-corrected chi connectivity index (χ1v) is 7.37. The number of hydrogen-bond acceptors (Lipinski definition) is 4. The second-order valence-electron chi connectivity index (χ2n) is 5.31. The van der Waals surface area contributed by atoms with E-state index >= 15 is 0 Å². The number of carbonyl (C=O) groups excluding carboxylic acids is 1. The Morgan fingerprint density at radius 2 is 2.24 bits per heavy atom. The molecule has 1 aliphatic rings. The monoisotopic (exact) mass is 286 g/mol. The van der Waals surface area contributed by atoms with Crippen molar-refractivity contribution in [1.29, 1.82) is 5.26 Å². The Bertz CT molecular complexity index is 550. The maximum Gasteiger partial charge on any atom is 0.242 e. The molecule has 2 rings (SSSR count). The van der Waals surface area contributed by atoms with E-state index in [9.17, 15) is 10.1 Å². The molecule has 1 aromatic carbocycles. The Labute approximate surface area is 125 Å². The van der Waals surface area contributed by atoms with Gasteiger partial charge in [-0.1, -0.05) is 6.07 Å². The molecule has 0 aromatic heterocycles. The minimum absolute atomic E-state index is 0.0258. The summed E-state index contributed by atoms with van der Waals surface area (Å²) in [6.45, 7) is 1.55. The summed E-state index contributed by atoms with van der Waals surface area (Å²) < 4.78 is 0. The van der Waals surface area contributed by atoms with Crippen molar-refractivity contribution < 1.29 is 4.79 Å². The van der Waals surface area contributed by atoms with Crippen LogP contribution in [0.1, 0.15) is 30.4 Å². The first kappa shape index (κ1) is 15.3. The minimum atomic E-state index is -0.175. The van der Waals surface area contributed by atoms with Gasteiger partial charge in [-0.25, -0.2) is 0 Å². The van der Waals surface area contributed by atoms with Crippen LogP contribution in [0.25, 0.3) is 0 Å². The van der Waals surface area contributed by atoms with E-state index in [2.05, 4.69) is 21.6 Å². The van der Waals surface area contributed by atoms with Gasteiger partial charge in [0.15, 0.2) is 0 Å². The second kappa shape index (κ2) is 7.09. The van der Waals surface area contributed by atoms with E-state index in [1.807, 2.05) is 25.2 Å². The molecule has 1 fully saturated rings. The smallest absolute Gasteiger partial charge is 0.242 e. The zero-order valence-corrected chi connectivity index (χ0v) is 12.6.